The van der Waals surface area contributed by atoms with Gasteiger partial charge in [0.25, 0.3) is 11.1 Å². The van der Waals surface area contributed by atoms with Crippen molar-refractivity contribution in [3.8, 4) is 22.9 Å². The van der Waals surface area contributed by atoms with Crippen LogP contribution in [0.3, 0.4) is 0 Å². The van der Waals surface area contributed by atoms with Crippen LogP contribution >= 0.6 is 23.5 Å². The SMILES string of the molecule is COc1cc(/C=C2/SC(=O)N(CCNC(=O)CSc3nnnn3-c3cc(C)ccc3C)C2=O)cc(OC)c1OC. The van der Waals surface area contributed by atoms with Crippen LogP contribution in [-0.4, -0.2) is 82.3 Å². The highest BCUT2D eigenvalue weighted by atomic mass is 32.2. The largest absolute Gasteiger partial charge is 0.493 e. The van der Waals surface area contributed by atoms with Crippen molar-refractivity contribution in [2.75, 3.05) is 40.2 Å². The van der Waals surface area contributed by atoms with Gasteiger partial charge in [0.05, 0.1) is 37.7 Å². The molecule has 12 nitrogen and oxygen atoms in total. The van der Waals surface area contributed by atoms with Crippen LogP contribution in [0.4, 0.5) is 4.79 Å². The molecule has 1 aliphatic rings. The van der Waals surface area contributed by atoms with Gasteiger partial charge >= 0.3 is 0 Å². The van der Waals surface area contributed by atoms with Gasteiger partial charge in [0.15, 0.2) is 11.5 Å². The zero-order valence-corrected chi connectivity index (χ0v) is 24.2. The van der Waals surface area contributed by atoms with Crippen molar-refractivity contribution in [2.45, 2.75) is 19.0 Å². The number of nitrogens with zero attached hydrogens (tertiary/aromatic N) is 5. The molecule has 0 saturated carbocycles. The molecule has 1 saturated heterocycles. The zero-order chi connectivity index (χ0) is 28.8. The standard InChI is InChI=1S/C26H28N6O6S2/c1-15-6-7-16(2)18(10-15)32-25(28-29-30-32)39-14-22(33)27-8-9-31-24(34)21(40-26(31)35)13-17-11-19(36-3)23(38-5)20(12-17)37-4/h6-7,10-13H,8-9,14H2,1-5H3,(H,27,33)/b21-13+. The van der Waals surface area contributed by atoms with Crippen LogP contribution in [0.25, 0.3) is 11.8 Å². The number of tetrazole rings is 1. The van der Waals surface area contributed by atoms with Gasteiger partial charge in [-0.1, -0.05) is 23.9 Å². The Labute approximate surface area is 239 Å². The molecule has 0 spiro atoms. The average Bonchev–Trinajstić information content (AvgIpc) is 3.52. The number of imide groups is 1. The number of amides is 3. The molecule has 0 bridgehead atoms. The maximum Gasteiger partial charge on any atom is 0.293 e. The third kappa shape index (κ3) is 6.39. The number of ether oxygens (including phenoxy) is 3. The molecular formula is C26H28N6O6S2. The van der Waals surface area contributed by atoms with Crippen LogP contribution in [0.1, 0.15) is 16.7 Å². The summed E-state index contributed by atoms with van der Waals surface area (Å²) in [7, 11) is 4.49. The van der Waals surface area contributed by atoms with Crippen LogP contribution < -0.4 is 19.5 Å². The predicted molar refractivity (Wildman–Crippen MR) is 151 cm³/mol. The monoisotopic (exact) mass is 584 g/mol. The maximum atomic E-state index is 12.9. The van der Waals surface area contributed by atoms with Crippen LogP contribution in [0, 0.1) is 13.8 Å². The number of aromatic nitrogens is 4. The van der Waals surface area contributed by atoms with Crippen molar-refractivity contribution in [3.05, 3.63) is 51.9 Å². The van der Waals surface area contributed by atoms with Gasteiger partial charge in [0.2, 0.25) is 16.8 Å². The molecule has 3 amide bonds. The number of thioether (sulfide) groups is 2. The number of benzene rings is 2. The van der Waals surface area contributed by atoms with E-state index in [-0.39, 0.29) is 29.7 Å². The fourth-order valence-electron chi connectivity index (χ4n) is 3.88. The number of hydrogen-bond acceptors (Lipinski definition) is 11. The first-order valence-electron chi connectivity index (χ1n) is 12.1. The molecule has 0 aliphatic carbocycles. The van der Waals surface area contributed by atoms with Gasteiger partial charge in [-0.25, -0.2) is 0 Å². The van der Waals surface area contributed by atoms with E-state index in [0.717, 1.165) is 33.5 Å². The summed E-state index contributed by atoms with van der Waals surface area (Å²) in [5.74, 6) is 0.618. The van der Waals surface area contributed by atoms with Gasteiger partial charge < -0.3 is 19.5 Å². The number of nitrogens with one attached hydrogen (secondary N) is 1. The molecular weight excluding hydrogens is 556 g/mol. The molecule has 40 heavy (non-hydrogen) atoms. The maximum absolute atomic E-state index is 12.9. The molecule has 2 heterocycles. The minimum atomic E-state index is -0.444. The van der Waals surface area contributed by atoms with E-state index < -0.39 is 11.1 Å². The van der Waals surface area contributed by atoms with Gasteiger partial charge in [-0.3, -0.25) is 19.3 Å². The zero-order valence-electron chi connectivity index (χ0n) is 22.6. The molecule has 0 unspecified atom stereocenters. The van der Waals surface area contributed by atoms with Crippen molar-refractivity contribution in [2.24, 2.45) is 0 Å². The number of rotatable bonds is 11. The summed E-state index contributed by atoms with van der Waals surface area (Å²) in [5.41, 5.74) is 3.51. The highest BCUT2D eigenvalue weighted by Gasteiger charge is 2.34. The molecule has 3 aromatic rings. The second-order valence-corrected chi connectivity index (χ2v) is 10.5. The summed E-state index contributed by atoms with van der Waals surface area (Å²) in [5, 5.41) is 14.6. The van der Waals surface area contributed by atoms with Crippen molar-refractivity contribution in [3.63, 3.8) is 0 Å². The van der Waals surface area contributed by atoms with E-state index in [9.17, 15) is 14.4 Å². The van der Waals surface area contributed by atoms with Gasteiger partial charge in [-0.15, -0.1) is 5.10 Å². The summed E-state index contributed by atoms with van der Waals surface area (Å²) in [6.07, 6.45) is 1.59. The first-order chi connectivity index (χ1) is 19.2. The third-order valence-corrected chi connectivity index (χ3v) is 7.71. The van der Waals surface area contributed by atoms with Gasteiger partial charge in [0.1, 0.15) is 0 Å². The summed E-state index contributed by atoms with van der Waals surface area (Å²) in [6, 6.07) is 9.33. The number of methoxy groups -OCH3 is 3. The summed E-state index contributed by atoms with van der Waals surface area (Å²) in [6.45, 7) is 4.08. The molecule has 210 valence electrons. The number of hydrogen-bond donors (Lipinski definition) is 1. The molecule has 2 aromatic carbocycles. The van der Waals surface area contributed by atoms with E-state index in [4.69, 9.17) is 14.2 Å². The Morgan fingerprint density at radius 3 is 2.48 bits per heavy atom. The van der Waals surface area contributed by atoms with Crippen LogP contribution in [-0.2, 0) is 9.59 Å². The highest BCUT2D eigenvalue weighted by molar-refractivity contribution is 8.18. The van der Waals surface area contributed by atoms with Gasteiger partial charge in [0, 0.05) is 13.1 Å². The van der Waals surface area contributed by atoms with Gasteiger partial charge in [-0.2, -0.15) is 4.68 Å². The van der Waals surface area contributed by atoms with Gasteiger partial charge in [-0.05, 0) is 77.0 Å². The molecule has 4 rings (SSSR count). The van der Waals surface area contributed by atoms with E-state index in [2.05, 4.69) is 20.8 Å². The first kappa shape index (κ1) is 29.0. The Morgan fingerprint density at radius 1 is 1.07 bits per heavy atom. The molecule has 1 N–H and O–H groups in total. The molecule has 0 atom stereocenters. The summed E-state index contributed by atoms with van der Waals surface area (Å²) < 4.78 is 17.6. The minimum Gasteiger partial charge on any atom is -0.493 e. The smallest absolute Gasteiger partial charge is 0.293 e. The minimum absolute atomic E-state index is 0.0356. The third-order valence-electron chi connectivity index (χ3n) is 5.88. The second-order valence-electron chi connectivity index (χ2n) is 8.59. The number of carbonyl (C=O) groups excluding carboxylic acids is 3. The Balaban J connectivity index is 1.33. The molecule has 1 fully saturated rings. The lowest BCUT2D eigenvalue weighted by Gasteiger charge is -2.13. The Hall–Kier alpha value is -4.04. The second kappa shape index (κ2) is 12.9. The van der Waals surface area contributed by atoms with Crippen LogP contribution in [0.15, 0.2) is 40.4 Å². The lowest BCUT2D eigenvalue weighted by Crippen LogP contribution is -2.37. The van der Waals surface area contributed by atoms with Crippen molar-refractivity contribution in [1.29, 1.82) is 0 Å². The normalized spacial score (nSPS) is 14.1. The molecule has 1 aliphatic heterocycles. The highest BCUT2D eigenvalue weighted by Crippen LogP contribution is 2.40. The van der Waals surface area contributed by atoms with Crippen molar-refractivity contribution >= 4 is 46.7 Å². The van der Waals surface area contributed by atoms with E-state index >= 15 is 0 Å². The fraction of sp³-hybridized carbons (Fsp3) is 0.308. The Bertz CT molecular complexity index is 1450. The summed E-state index contributed by atoms with van der Waals surface area (Å²) in [4.78, 5) is 39.3. The van der Waals surface area contributed by atoms with E-state index in [0.29, 0.717) is 28.0 Å². The lowest BCUT2D eigenvalue weighted by atomic mass is 10.1. The van der Waals surface area contributed by atoms with Crippen molar-refractivity contribution < 1.29 is 28.6 Å². The summed E-state index contributed by atoms with van der Waals surface area (Å²) >= 11 is 2.02. The Morgan fingerprint density at radius 2 is 1.80 bits per heavy atom. The van der Waals surface area contributed by atoms with E-state index in [1.807, 2.05) is 32.0 Å². The molecule has 0 radical (unpaired) electrons. The van der Waals surface area contributed by atoms with E-state index in [1.54, 1.807) is 22.9 Å². The molecule has 1 aromatic heterocycles. The van der Waals surface area contributed by atoms with Crippen LogP contribution in [0.5, 0.6) is 17.2 Å². The predicted octanol–water partition coefficient (Wildman–Crippen LogP) is 3.25. The van der Waals surface area contributed by atoms with Crippen LogP contribution in [0.2, 0.25) is 0 Å². The lowest BCUT2D eigenvalue weighted by molar-refractivity contribution is -0.123. The molecule has 14 heteroatoms. The van der Waals surface area contributed by atoms with Crippen molar-refractivity contribution in [1.82, 2.24) is 30.4 Å². The topological polar surface area (TPSA) is 138 Å². The average molecular weight is 585 g/mol. The number of carbonyl (C=O) groups is 3. The number of aryl methyl sites for hydroxylation is 2. The van der Waals surface area contributed by atoms with E-state index in [1.165, 1.54) is 33.1 Å². The fourth-order valence-corrected chi connectivity index (χ4v) is 5.46. The first-order valence-corrected chi connectivity index (χ1v) is 13.9. The quantitative estimate of drug-likeness (QED) is 0.263. The Kier molecular flexibility index (Phi) is 9.32.